The molecule has 4 heteroatoms. The van der Waals surface area contributed by atoms with E-state index >= 15 is 0 Å². The fourth-order valence-electron chi connectivity index (χ4n) is 1.35. The predicted molar refractivity (Wildman–Crippen MR) is 74.9 cm³/mol. The van der Waals surface area contributed by atoms with E-state index in [0.29, 0.717) is 10.2 Å². The van der Waals surface area contributed by atoms with Crippen molar-refractivity contribution in [1.29, 1.82) is 0 Å². The fourth-order valence-corrected chi connectivity index (χ4v) is 1.93. The Hall–Kier alpha value is -0.810. The number of ether oxygens (including phenoxy) is 1. The molecule has 1 nitrogen and oxygen atoms in total. The third kappa shape index (κ3) is 3.10. The molecule has 0 saturated heterocycles. The van der Waals surface area contributed by atoms with Gasteiger partial charge in [-0.05, 0) is 40.3 Å². The summed E-state index contributed by atoms with van der Waals surface area (Å²) in [6.07, 6.45) is 0. The van der Waals surface area contributed by atoms with Crippen LogP contribution in [0.25, 0.3) is 0 Å². The van der Waals surface area contributed by atoms with Gasteiger partial charge in [-0.25, -0.2) is 4.39 Å². The molecule has 0 N–H and O–H groups in total. The summed E-state index contributed by atoms with van der Waals surface area (Å²) in [6.45, 7) is 0.328. The topological polar surface area (TPSA) is 9.23 Å². The Morgan fingerprint density at radius 1 is 1.12 bits per heavy atom. The van der Waals surface area contributed by atoms with Gasteiger partial charge in [-0.2, -0.15) is 0 Å². The van der Waals surface area contributed by atoms with Crippen molar-refractivity contribution in [3.05, 3.63) is 62.4 Å². The predicted octanol–water partition coefficient (Wildman–Crippen LogP) is 4.66. The van der Waals surface area contributed by atoms with Gasteiger partial charge < -0.3 is 4.74 Å². The van der Waals surface area contributed by atoms with Gasteiger partial charge in [-0.15, -0.1) is 0 Å². The Kier molecular flexibility index (Phi) is 4.23. The van der Waals surface area contributed by atoms with E-state index in [9.17, 15) is 4.39 Å². The first kappa shape index (κ1) is 12.6. The molecule has 0 unspecified atom stereocenters. The van der Waals surface area contributed by atoms with E-state index < -0.39 is 5.82 Å². The zero-order valence-electron chi connectivity index (χ0n) is 8.79. The molecule has 0 fully saturated rings. The van der Waals surface area contributed by atoms with Crippen LogP contribution in [0.4, 0.5) is 4.39 Å². The Morgan fingerprint density at radius 3 is 2.53 bits per heavy atom. The monoisotopic (exact) mass is 362 g/mol. The highest BCUT2D eigenvalue weighted by atomic mass is 127. The highest BCUT2D eigenvalue weighted by Gasteiger charge is 2.11. The molecular formula is C13H9ClFIO. The summed E-state index contributed by atoms with van der Waals surface area (Å²) >= 11 is 7.78. The third-order valence-corrected chi connectivity index (χ3v) is 3.82. The number of halogens is 3. The van der Waals surface area contributed by atoms with E-state index in [0.717, 1.165) is 5.56 Å². The van der Waals surface area contributed by atoms with Gasteiger partial charge in [0, 0.05) is 3.57 Å². The van der Waals surface area contributed by atoms with Crippen molar-refractivity contribution in [2.45, 2.75) is 6.61 Å². The van der Waals surface area contributed by atoms with Crippen LogP contribution in [0.2, 0.25) is 5.02 Å². The van der Waals surface area contributed by atoms with Crippen LogP contribution in [-0.2, 0) is 6.61 Å². The van der Waals surface area contributed by atoms with Gasteiger partial charge in [0.05, 0.1) is 5.02 Å². The summed E-state index contributed by atoms with van der Waals surface area (Å²) in [6, 6.07) is 12.9. The highest BCUT2D eigenvalue weighted by molar-refractivity contribution is 14.1. The minimum atomic E-state index is -0.505. The molecule has 88 valence electrons. The Morgan fingerprint density at radius 2 is 1.82 bits per heavy atom. The smallest absolute Gasteiger partial charge is 0.184 e. The summed E-state index contributed by atoms with van der Waals surface area (Å²) in [5, 5.41) is 0.108. The van der Waals surface area contributed by atoms with Gasteiger partial charge in [0.15, 0.2) is 11.6 Å². The summed E-state index contributed by atoms with van der Waals surface area (Å²) in [5.74, 6) is -0.325. The maximum Gasteiger partial charge on any atom is 0.184 e. The van der Waals surface area contributed by atoms with Crippen molar-refractivity contribution in [2.24, 2.45) is 0 Å². The van der Waals surface area contributed by atoms with Crippen molar-refractivity contribution in [2.75, 3.05) is 0 Å². The molecule has 0 heterocycles. The van der Waals surface area contributed by atoms with E-state index in [1.54, 1.807) is 12.1 Å². The zero-order valence-corrected chi connectivity index (χ0v) is 11.7. The van der Waals surface area contributed by atoms with E-state index in [4.69, 9.17) is 16.3 Å². The standard InChI is InChI=1S/C13H9ClFIO/c14-12-10(16)6-7-11(13(12)15)17-8-9-4-2-1-3-5-9/h1-7H,8H2. The summed E-state index contributed by atoms with van der Waals surface area (Å²) < 4.78 is 19.8. The largest absolute Gasteiger partial charge is 0.486 e. The molecule has 2 aromatic rings. The zero-order chi connectivity index (χ0) is 12.3. The maximum absolute atomic E-state index is 13.7. The van der Waals surface area contributed by atoms with Crippen LogP contribution in [-0.4, -0.2) is 0 Å². The minimum Gasteiger partial charge on any atom is -0.486 e. The van der Waals surface area contributed by atoms with Crippen molar-refractivity contribution in [1.82, 2.24) is 0 Å². The summed E-state index contributed by atoms with van der Waals surface area (Å²) in [5.41, 5.74) is 0.988. The van der Waals surface area contributed by atoms with Gasteiger partial charge in [0.1, 0.15) is 6.61 Å². The van der Waals surface area contributed by atoms with Gasteiger partial charge >= 0.3 is 0 Å². The first-order valence-corrected chi connectivity index (χ1v) is 6.44. The van der Waals surface area contributed by atoms with Crippen LogP contribution in [0.5, 0.6) is 5.75 Å². The second kappa shape index (κ2) is 5.69. The second-order valence-corrected chi connectivity index (χ2v) is 4.99. The third-order valence-electron chi connectivity index (χ3n) is 2.24. The lowest BCUT2D eigenvalue weighted by atomic mass is 10.2. The van der Waals surface area contributed by atoms with Crippen LogP contribution < -0.4 is 4.74 Å². The Balaban J connectivity index is 2.13. The molecule has 0 spiro atoms. The van der Waals surface area contributed by atoms with Gasteiger partial charge in [0.2, 0.25) is 0 Å². The molecule has 17 heavy (non-hydrogen) atoms. The van der Waals surface area contributed by atoms with E-state index in [1.807, 2.05) is 52.9 Å². The normalized spacial score (nSPS) is 10.3. The van der Waals surface area contributed by atoms with Crippen molar-refractivity contribution >= 4 is 34.2 Å². The van der Waals surface area contributed by atoms with E-state index in [2.05, 4.69) is 0 Å². The van der Waals surface area contributed by atoms with Crippen molar-refractivity contribution < 1.29 is 9.13 Å². The number of hydrogen-bond acceptors (Lipinski definition) is 1. The molecule has 0 aliphatic rings. The quantitative estimate of drug-likeness (QED) is 0.570. The molecule has 0 aliphatic carbocycles. The van der Waals surface area contributed by atoms with E-state index in [1.165, 1.54) is 0 Å². The van der Waals surface area contributed by atoms with Gasteiger partial charge in [-0.1, -0.05) is 41.9 Å². The molecule has 0 aromatic heterocycles. The first-order chi connectivity index (χ1) is 8.18. The second-order valence-electron chi connectivity index (χ2n) is 3.45. The summed E-state index contributed by atoms with van der Waals surface area (Å²) in [4.78, 5) is 0. The molecule has 0 atom stereocenters. The molecule has 2 aromatic carbocycles. The Bertz CT molecular complexity index is 516. The molecule has 0 bridgehead atoms. The van der Waals surface area contributed by atoms with Crippen LogP contribution in [0.15, 0.2) is 42.5 Å². The lowest BCUT2D eigenvalue weighted by molar-refractivity contribution is 0.290. The molecule has 0 amide bonds. The molecule has 0 radical (unpaired) electrons. The fraction of sp³-hybridized carbons (Fsp3) is 0.0769. The molecule has 2 rings (SSSR count). The lowest BCUT2D eigenvalue weighted by Crippen LogP contribution is -1.98. The van der Waals surface area contributed by atoms with Gasteiger partial charge in [0.25, 0.3) is 0 Å². The van der Waals surface area contributed by atoms with Crippen molar-refractivity contribution in [3.63, 3.8) is 0 Å². The number of rotatable bonds is 3. The number of benzene rings is 2. The van der Waals surface area contributed by atoms with Gasteiger partial charge in [-0.3, -0.25) is 0 Å². The first-order valence-electron chi connectivity index (χ1n) is 4.98. The van der Waals surface area contributed by atoms with Crippen LogP contribution in [0, 0.1) is 9.39 Å². The van der Waals surface area contributed by atoms with Crippen LogP contribution >= 0.6 is 34.2 Å². The van der Waals surface area contributed by atoms with Crippen LogP contribution in [0.3, 0.4) is 0 Å². The average Bonchev–Trinajstić information content (AvgIpc) is 2.36. The highest BCUT2D eigenvalue weighted by Crippen LogP contribution is 2.29. The average molecular weight is 363 g/mol. The number of hydrogen-bond donors (Lipinski definition) is 0. The van der Waals surface area contributed by atoms with Crippen molar-refractivity contribution in [3.8, 4) is 5.75 Å². The molecular weight excluding hydrogens is 353 g/mol. The SMILES string of the molecule is Fc1c(OCc2ccccc2)ccc(I)c1Cl. The molecule has 0 saturated carbocycles. The summed E-state index contributed by atoms with van der Waals surface area (Å²) in [7, 11) is 0. The van der Waals surface area contributed by atoms with Crippen LogP contribution in [0.1, 0.15) is 5.56 Å². The lowest BCUT2D eigenvalue weighted by Gasteiger charge is -2.08. The Labute approximate surface area is 118 Å². The molecule has 0 aliphatic heterocycles. The van der Waals surface area contributed by atoms with E-state index in [-0.39, 0.29) is 10.8 Å². The minimum absolute atomic E-state index is 0.108. The maximum atomic E-state index is 13.7.